The van der Waals surface area contributed by atoms with Crippen molar-refractivity contribution in [3.05, 3.63) is 28.8 Å². The highest BCUT2D eigenvalue weighted by atomic mass is 35.5. The molecule has 1 heterocycles. The summed E-state index contributed by atoms with van der Waals surface area (Å²) in [6.45, 7) is 4.88. The van der Waals surface area contributed by atoms with Crippen LogP contribution in [0.2, 0.25) is 5.02 Å². The van der Waals surface area contributed by atoms with Crippen molar-refractivity contribution in [1.29, 1.82) is 0 Å². The first-order chi connectivity index (χ1) is 7.77. The zero-order valence-corrected chi connectivity index (χ0v) is 10.4. The number of nitrogens with one attached hydrogen (secondary N) is 1. The van der Waals surface area contributed by atoms with Gasteiger partial charge in [-0.25, -0.2) is 0 Å². The van der Waals surface area contributed by atoms with E-state index in [1.54, 1.807) is 0 Å². The van der Waals surface area contributed by atoms with E-state index in [2.05, 4.69) is 18.3 Å². The van der Waals surface area contributed by atoms with E-state index < -0.39 is 0 Å². The molecule has 0 radical (unpaired) electrons. The predicted octanol–water partition coefficient (Wildman–Crippen LogP) is 3.49. The van der Waals surface area contributed by atoms with E-state index in [0.717, 1.165) is 54.8 Å². The van der Waals surface area contributed by atoms with Crippen LogP contribution in [0, 0.1) is 12.8 Å². The van der Waals surface area contributed by atoms with Gasteiger partial charge < -0.3 is 10.1 Å². The molecule has 1 aliphatic heterocycles. The van der Waals surface area contributed by atoms with Crippen LogP contribution in [0.25, 0.3) is 0 Å². The van der Waals surface area contributed by atoms with Crippen LogP contribution in [0.1, 0.15) is 18.4 Å². The third-order valence-corrected chi connectivity index (χ3v) is 3.60. The van der Waals surface area contributed by atoms with E-state index in [1.807, 2.05) is 12.1 Å². The summed E-state index contributed by atoms with van der Waals surface area (Å²) >= 11 is 6.08. The summed E-state index contributed by atoms with van der Waals surface area (Å²) in [4.78, 5) is 0. The van der Waals surface area contributed by atoms with E-state index in [-0.39, 0.29) is 0 Å². The molecule has 0 aliphatic carbocycles. The number of hydrogen-bond donors (Lipinski definition) is 1. The summed E-state index contributed by atoms with van der Waals surface area (Å²) in [5, 5.41) is 4.31. The maximum Gasteiger partial charge on any atom is 0.0469 e. The van der Waals surface area contributed by atoms with Crippen LogP contribution in [0.5, 0.6) is 0 Å². The van der Waals surface area contributed by atoms with Crippen molar-refractivity contribution in [1.82, 2.24) is 0 Å². The number of benzene rings is 1. The summed E-state index contributed by atoms with van der Waals surface area (Å²) in [7, 11) is 0. The van der Waals surface area contributed by atoms with Crippen LogP contribution in [-0.4, -0.2) is 19.8 Å². The minimum absolute atomic E-state index is 0.729. The lowest BCUT2D eigenvalue weighted by molar-refractivity contribution is 0.0699. The van der Waals surface area contributed by atoms with Crippen molar-refractivity contribution >= 4 is 17.3 Å². The topological polar surface area (TPSA) is 21.3 Å². The van der Waals surface area contributed by atoms with Crippen LogP contribution in [-0.2, 0) is 4.74 Å². The molecule has 2 nitrogen and oxygen atoms in total. The average molecular weight is 240 g/mol. The number of rotatable bonds is 3. The highest BCUT2D eigenvalue weighted by Crippen LogP contribution is 2.24. The van der Waals surface area contributed by atoms with Crippen molar-refractivity contribution < 1.29 is 4.74 Å². The highest BCUT2D eigenvalue weighted by Gasteiger charge is 2.13. The SMILES string of the molecule is Cc1c(Cl)cccc1NCC1CCOCC1. The molecule has 0 amide bonds. The lowest BCUT2D eigenvalue weighted by Crippen LogP contribution is -2.22. The van der Waals surface area contributed by atoms with Crippen molar-refractivity contribution in [2.75, 3.05) is 25.1 Å². The largest absolute Gasteiger partial charge is 0.385 e. The lowest BCUT2D eigenvalue weighted by Gasteiger charge is -2.23. The summed E-state index contributed by atoms with van der Waals surface area (Å²) in [6, 6.07) is 6.00. The molecular weight excluding hydrogens is 222 g/mol. The van der Waals surface area contributed by atoms with E-state index in [0.29, 0.717) is 0 Å². The Morgan fingerprint density at radius 2 is 2.12 bits per heavy atom. The van der Waals surface area contributed by atoms with E-state index in [4.69, 9.17) is 16.3 Å². The first-order valence-electron chi connectivity index (χ1n) is 5.84. The molecule has 0 aromatic heterocycles. The van der Waals surface area contributed by atoms with Crippen LogP contribution in [0.3, 0.4) is 0 Å². The van der Waals surface area contributed by atoms with Crippen LogP contribution in [0.4, 0.5) is 5.69 Å². The van der Waals surface area contributed by atoms with E-state index in [1.165, 1.54) is 0 Å². The second kappa shape index (κ2) is 5.55. The Kier molecular flexibility index (Phi) is 4.08. The Bertz CT molecular complexity index is 348. The molecule has 1 aromatic carbocycles. The molecule has 16 heavy (non-hydrogen) atoms. The molecule has 1 N–H and O–H groups in total. The van der Waals surface area contributed by atoms with Crippen molar-refractivity contribution in [2.24, 2.45) is 5.92 Å². The van der Waals surface area contributed by atoms with Crippen LogP contribution < -0.4 is 5.32 Å². The third-order valence-electron chi connectivity index (χ3n) is 3.19. The molecule has 1 aliphatic rings. The van der Waals surface area contributed by atoms with Crippen molar-refractivity contribution in [3.8, 4) is 0 Å². The molecule has 0 spiro atoms. The molecule has 0 saturated carbocycles. The molecule has 0 atom stereocenters. The fraction of sp³-hybridized carbons (Fsp3) is 0.538. The van der Waals surface area contributed by atoms with Gasteiger partial charge in [0.1, 0.15) is 0 Å². The van der Waals surface area contributed by atoms with Gasteiger partial charge in [0.25, 0.3) is 0 Å². The van der Waals surface area contributed by atoms with Gasteiger partial charge >= 0.3 is 0 Å². The Labute approximate surface area is 102 Å². The Balaban J connectivity index is 1.91. The minimum Gasteiger partial charge on any atom is -0.385 e. The standard InChI is InChI=1S/C13H18ClNO/c1-10-12(14)3-2-4-13(10)15-9-11-5-7-16-8-6-11/h2-4,11,15H,5-9H2,1H3. The molecule has 2 rings (SSSR count). The van der Waals surface area contributed by atoms with Crippen LogP contribution in [0.15, 0.2) is 18.2 Å². The third kappa shape index (κ3) is 2.89. The number of anilines is 1. The fourth-order valence-electron chi connectivity index (χ4n) is 2.00. The smallest absolute Gasteiger partial charge is 0.0469 e. The zero-order valence-electron chi connectivity index (χ0n) is 9.63. The summed E-state index contributed by atoms with van der Waals surface area (Å²) < 4.78 is 5.35. The first kappa shape index (κ1) is 11.7. The van der Waals surface area contributed by atoms with Crippen LogP contribution >= 0.6 is 11.6 Å². The van der Waals surface area contributed by atoms with Gasteiger partial charge in [-0.2, -0.15) is 0 Å². The zero-order chi connectivity index (χ0) is 11.4. The molecule has 1 fully saturated rings. The molecule has 3 heteroatoms. The maximum atomic E-state index is 6.08. The van der Waals surface area contributed by atoms with E-state index in [9.17, 15) is 0 Å². The molecular formula is C13H18ClNO. The maximum absolute atomic E-state index is 6.08. The highest BCUT2D eigenvalue weighted by molar-refractivity contribution is 6.31. The Morgan fingerprint density at radius 3 is 2.88 bits per heavy atom. The van der Waals surface area contributed by atoms with Gasteiger partial charge in [0.15, 0.2) is 0 Å². The van der Waals surface area contributed by atoms with Crippen molar-refractivity contribution in [3.63, 3.8) is 0 Å². The van der Waals surface area contributed by atoms with Gasteiger partial charge in [-0.3, -0.25) is 0 Å². The number of halogens is 1. The Morgan fingerprint density at radius 1 is 1.38 bits per heavy atom. The van der Waals surface area contributed by atoms with E-state index >= 15 is 0 Å². The quantitative estimate of drug-likeness (QED) is 0.872. The van der Waals surface area contributed by atoms with Gasteiger partial charge in [0, 0.05) is 30.5 Å². The molecule has 1 saturated heterocycles. The van der Waals surface area contributed by atoms with Crippen molar-refractivity contribution in [2.45, 2.75) is 19.8 Å². The fourth-order valence-corrected chi connectivity index (χ4v) is 2.18. The predicted molar refractivity (Wildman–Crippen MR) is 68.2 cm³/mol. The van der Waals surface area contributed by atoms with Gasteiger partial charge in [-0.05, 0) is 43.4 Å². The second-order valence-electron chi connectivity index (χ2n) is 4.35. The van der Waals surface area contributed by atoms with Gasteiger partial charge in [-0.1, -0.05) is 17.7 Å². The number of ether oxygens (including phenoxy) is 1. The average Bonchev–Trinajstić information content (AvgIpc) is 2.32. The van der Waals surface area contributed by atoms with Gasteiger partial charge in [0.05, 0.1) is 0 Å². The molecule has 1 aromatic rings. The van der Waals surface area contributed by atoms with Gasteiger partial charge in [0.2, 0.25) is 0 Å². The molecule has 0 unspecified atom stereocenters. The lowest BCUT2D eigenvalue weighted by atomic mass is 10.0. The minimum atomic E-state index is 0.729. The van der Waals surface area contributed by atoms with Gasteiger partial charge in [-0.15, -0.1) is 0 Å². The summed E-state index contributed by atoms with van der Waals surface area (Å²) in [5.41, 5.74) is 2.29. The Hall–Kier alpha value is -0.730. The molecule has 0 bridgehead atoms. The normalized spacial score (nSPS) is 17.4. The summed E-state index contributed by atoms with van der Waals surface area (Å²) in [6.07, 6.45) is 2.32. The number of hydrogen-bond acceptors (Lipinski definition) is 2. The molecule has 88 valence electrons. The summed E-state index contributed by atoms with van der Waals surface area (Å²) in [5.74, 6) is 0.729. The first-order valence-corrected chi connectivity index (χ1v) is 6.22. The monoisotopic (exact) mass is 239 g/mol. The second-order valence-corrected chi connectivity index (χ2v) is 4.76.